The monoisotopic (exact) mass is 388 g/mol. The van der Waals surface area contributed by atoms with Crippen molar-refractivity contribution in [3.8, 4) is 0 Å². The molecule has 0 aromatic carbocycles. The van der Waals surface area contributed by atoms with Gasteiger partial charge in [-0.15, -0.1) is 0 Å². The average molecular weight is 389 g/mol. The summed E-state index contributed by atoms with van der Waals surface area (Å²) in [5.74, 6) is 2.11. The van der Waals surface area contributed by atoms with E-state index in [9.17, 15) is 0 Å². The Bertz CT molecular complexity index is 266. The van der Waals surface area contributed by atoms with Gasteiger partial charge >= 0.3 is 0 Å². The standard InChI is InChI=1S/C23H48O4/c1-9-18(5)14-24-22(25-15-19(6)10-2)13-23(26-16-20(7)11-3)27-17-21(8)12-4/h18-23H,9-17H2,1-8H3. The number of rotatable bonds is 18. The van der Waals surface area contributed by atoms with Crippen molar-refractivity contribution < 1.29 is 18.9 Å². The number of hydrogen-bond acceptors (Lipinski definition) is 4. The molecule has 0 N–H and O–H groups in total. The highest BCUT2D eigenvalue weighted by molar-refractivity contribution is 4.59. The fourth-order valence-corrected chi connectivity index (χ4v) is 2.08. The Morgan fingerprint density at radius 1 is 0.444 bits per heavy atom. The van der Waals surface area contributed by atoms with Crippen LogP contribution in [0.15, 0.2) is 0 Å². The first-order valence-corrected chi connectivity index (χ1v) is 11.3. The highest BCUT2D eigenvalue weighted by Gasteiger charge is 2.22. The van der Waals surface area contributed by atoms with Crippen molar-refractivity contribution in [1.82, 2.24) is 0 Å². The molecule has 4 heteroatoms. The smallest absolute Gasteiger partial charge is 0.162 e. The first-order chi connectivity index (χ1) is 12.9. The average Bonchev–Trinajstić information content (AvgIpc) is 2.69. The third-order valence-corrected chi connectivity index (χ3v) is 5.44. The molecule has 0 amide bonds. The van der Waals surface area contributed by atoms with Crippen LogP contribution in [0.2, 0.25) is 0 Å². The van der Waals surface area contributed by atoms with Crippen LogP contribution < -0.4 is 0 Å². The van der Waals surface area contributed by atoms with E-state index in [1.165, 1.54) is 0 Å². The third-order valence-electron chi connectivity index (χ3n) is 5.44. The fraction of sp³-hybridized carbons (Fsp3) is 1.00. The van der Waals surface area contributed by atoms with Gasteiger partial charge in [0.2, 0.25) is 0 Å². The maximum absolute atomic E-state index is 6.10. The normalized spacial score (nSPS) is 18.7. The van der Waals surface area contributed by atoms with Crippen LogP contribution in [0.25, 0.3) is 0 Å². The number of ether oxygens (including phenoxy) is 4. The third kappa shape index (κ3) is 14.5. The van der Waals surface area contributed by atoms with Crippen molar-refractivity contribution in [2.45, 2.75) is 100 Å². The van der Waals surface area contributed by atoms with Gasteiger partial charge in [0, 0.05) is 6.42 Å². The van der Waals surface area contributed by atoms with Gasteiger partial charge < -0.3 is 18.9 Å². The van der Waals surface area contributed by atoms with Crippen molar-refractivity contribution in [2.75, 3.05) is 26.4 Å². The van der Waals surface area contributed by atoms with Crippen molar-refractivity contribution in [2.24, 2.45) is 23.7 Å². The Kier molecular flexibility index (Phi) is 16.7. The van der Waals surface area contributed by atoms with E-state index >= 15 is 0 Å². The summed E-state index contributed by atoms with van der Waals surface area (Å²) in [6.07, 6.45) is 4.51. The minimum atomic E-state index is -0.271. The van der Waals surface area contributed by atoms with E-state index in [-0.39, 0.29) is 12.6 Å². The molecule has 164 valence electrons. The predicted octanol–water partition coefficient (Wildman–Crippen LogP) is 6.28. The fourth-order valence-electron chi connectivity index (χ4n) is 2.08. The lowest BCUT2D eigenvalue weighted by Crippen LogP contribution is -2.32. The van der Waals surface area contributed by atoms with E-state index in [2.05, 4.69) is 55.4 Å². The van der Waals surface area contributed by atoms with Crippen LogP contribution >= 0.6 is 0 Å². The van der Waals surface area contributed by atoms with Crippen LogP contribution in [0.3, 0.4) is 0 Å². The molecule has 0 saturated heterocycles. The summed E-state index contributed by atoms with van der Waals surface area (Å²) in [4.78, 5) is 0. The van der Waals surface area contributed by atoms with Gasteiger partial charge in [-0.25, -0.2) is 0 Å². The molecule has 4 atom stereocenters. The molecule has 27 heavy (non-hydrogen) atoms. The van der Waals surface area contributed by atoms with Crippen LogP contribution in [0.5, 0.6) is 0 Å². The molecule has 0 fully saturated rings. The molecule has 0 aliphatic carbocycles. The maximum Gasteiger partial charge on any atom is 0.162 e. The van der Waals surface area contributed by atoms with Crippen LogP contribution in [0.4, 0.5) is 0 Å². The predicted molar refractivity (Wildman–Crippen MR) is 114 cm³/mol. The van der Waals surface area contributed by atoms with Gasteiger partial charge in [-0.3, -0.25) is 0 Å². The first-order valence-electron chi connectivity index (χ1n) is 11.3. The molecule has 0 aromatic heterocycles. The van der Waals surface area contributed by atoms with Gasteiger partial charge in [0.05, 0.1) is 26.4 Å². The SMILES string of the molecule is CCC(C)COC(CC(OCC(C)CC)OCC(C)CC)OCC(C)CC. The second-order valence-electron chi connectivity index (χ2n) is 8.48. The van der Waals surface area contributed by atoms with Gasteiger partial charge in [0.15, 0.2) is 12.6 Å². The van der Waals surface area contributed by atoms with E-state index in [1.54, 1.807) is 0 Å². The molecule has 4 unspecified atom stereocenters. The lowest BCUT2D eigenvalue weighted by atomic mass is 10.1. The topological polar surface area (TPSA) is 36.9 Å². The summed E-state index contributed by atoms with van der Waals surface area (Å²) in [5.41, 5.74) is 0. The van der Waals surface area contributed by atoms with Crippen LogP contribution in [0.1, 0.15) is 87.5 Å². The molecule has 0 aliphatic rings. The zero-order chi connectivity index (χ0) is 20.7. The van der Waals surface area contributed by atoms with E-state index in [4.69, 9.17) is 18.9 Å². The Labute approximate surface area is 169 Å². The van der Waals surface area contributed by atoms with Gasteiger partial charge in [-0.05, 0) is 23.7 Å². The van der Waals surface area contributed by atoms with E-state index in [0.29, 0.717) is 56.5 Å². The molecule has 0 rings (SSSR count). The molecule has 0 spiro atoms. The second-order valence-corrected chi connectivity index (χ2v) is 8.48. The second kappa shape index (κ2) is 16.8. The zero-order valence-electron chi connectivity index (χ0n) is 19.5. The van der Waals surface area contributed by atoms with Crippen LogP contribution in [-0.2, 0) is 18.9 Å². The molecule has 0 heterocycles. The summed E-state index contributed by atoms with van der Waals surface area (Å²) in [5, 5.41) is 0. The summed E-state index contributed by atoms with van der Waals surface area (Å²) >= 11 is 0. The molecule has 4 nitrogen and oxygen atoms in total. The van der Waals surface area contributed by atoms with Gasteiger partial charge in [0.1, 0.15) is 0 Å². The van der Waals surface area contributed by atoms with E-state index < -0.39 is 0 Å². The Morgan fingerprint density at radius 3 is 0.852 bits per heavy atom. The molecular formula is C23H48O4. The van der Waals surface area contributed by atoms with E-state index in [0.717, 1.165) is 25.7 Å². The van der Waals surface area contributed by atoms with Gasteiger partial charge in [0.25, 0.3) is 0 Å². The van der Waals surface area contributed by atoms with E-state index in [1.807, 2.05) is 0 Å². The van der Waals surface area contributed by atoms with Crippen molar-refractivity contribution >= 4 is 0 Å². The van der Waals surface area contributed by atoms with Gasteiger partial charge in [-0.1, -0.05) is 81.1 Å². The molecular weight excluding hydrogens is 340 g/mol. The molecule has 0 saturated carbocycles. The largest absolute Gasteiger partial charge is 0.352 e. The minimum absolute atomic E-state index is 0.271. The summed E-state index contributed by atoms with van der Waals surface area (Å²) in [6, 6.07) is 0. The number of hydrogen-bond donors (Lipinski definition) is 0. The summed E-state index contributed by atoms with van der Waals surface area (Å²) in [7, 11) is 0. The first kappa shape index (κ1) is 26.8. The zero-order valence-corrected chi connectivity index (χ0v) is 19.5. The highest BCUT2D eigenvalue weighted by atomic mass is 16.7. The van der Waals surface area contributed by atoms with Gasteiger partial charge in [-0.2, -0.15) is 0 Å². The van der Waals surface area contributed by atoms with Crippen molar-refractivity contribution in [1.29, 1.82) is 0 Å². The van der Waals surface area contributed by atoms with Crippen molar-refractivity contribution in [3.63, 3.8) is 0 Å². The summed E-state index contributed by atoms with van der Waals surface area (Å²) in [6.45, 7) is 20.5. The molecule has 0 aliphatic heterocycles. The Hall–Kier alpha value is -0.160. The van der Waals surface area contributed by atoms with Crippen molar-refractivity contribution in [3.05, 3.63) is 0 Å². The molecule has 0 aromatic rings. The maximum atomic E-state index is 6.10. The molecule has 0 radical (unpaired) electrons. The quantitative estimate of drug-likeness (QED) is 0.259. The Balaban J connectivity index is 4.80. The Morgan fingerprint density at radius 2 is 0.667 bits per heavy atom. The lowest BCUT2D eigenvalue weighted by Gasteiger charge is -2.28. The minimum Gasteiger partial charge on any atom is -0.352 e. The molecule has 0 bridgehead atoms. The lowest BCUT2D eigenvalue weighted by molar-refractivity contribution is -0.223. The summed E-state index contributed by atoms with van der Waals surface area (Å²) < 4.78 is 24.4. The van der Waals surface area contributed by atoms with Crippen LogP contribution in [0, 0.1) is 23.7 Å². The highest BCUT2D eigenvalue weighted by Crippen LogP contribution is 2.17. The van der Waals surface area contributed by atoms with Crippen LogP contribution in [-0.4, -0.2) is 39.0 Å².